The van der Waals surface area contributed by atoms with Crippen molar-refractivity contribution in [1.29, 1.82) is 0 Å². The highest BCUT2D eigenvalue weighted by atomic mass is 32.2. The topological polar surface area (TPSA) is 94.8 Å². The van der Waals surface area contributed by atoms with Crippen molar-refractivity contribution in [3.8, 4) is 5.75 Å². The number of thioether (sulfide) groups is 1. The van der Waals surface area contributed by atoms with Crippen LogP contribution in [0.2, 0.25) is 0 Å². The summed E-state index contributed by atoms with van der Waals surface area (Å²) in [6.45, 7) is 7.27. The fourth-order valence-corrected chi connectivity index (χ4v) is 3.34. The van der Waals surface area contributed by atoms with E-state index in [4.69, 9.17) is 13.9 Å². The largest absolute Gasteiger partial charge is 0.444 e. The summed E-state index contributed by atoms with van der Waals surface area (Å²) in [6, 6.07) is 5.57. The minimum Gasteiger partial charge on any atom is -0.444 e. The van der Waals surface area contributed by atoms with Crippen LogP contribution in [-0.4, -0.2) is 35.7 Å². The van der Waals surface area contributed by atoms with Crippen LogP contribution < -0.4 is 15.7 Å². The summed E-state index contributed by atoms with van der Waals surface area (Å²) in [5, 5.41) is 3.39. The van der Waals surface area contributed by atoms with Crippen molar-refractivity contribution >= 4 is 34.8 Å². The number of aryl methyl sites for hydroxylation is 1. The fourth-order valence-electron chi connectivity index (χ4n) is 2.87. The van der Waals surface area contributed by atoms with Crippen molar-refractivity contribution in [3.05, 3.63) is 40.2 Å². The smallest absolute Gasteiger partial charge is 0.408 e. The Morgan fingerprint density at radius 2 is 1.97 bits per heavy atom. The van der Waals surface area contributed by atoms with Gasteiger partial charge in [-0.3, -0.25) is 0 Å². The van der Waals surface area contributed by atoms with E-state index in [9.17, 15) is 14.4 Å². The summed E-state index contributed by atoms with van der Waals surface area (Å²) in [5.74, 6) is 0.286. The van der Waals surface area contributed by atoms with Gasteiger partial charge in [0, 0.05) is 17.5 Å². The third-order valence-corrected chi connectivity index (χ3v) is 4.77. The van der Waals surface area contributed by atoms with Crippen molar-refractivity contribution in [1.82, 2.24) is 5.32 Å². The summed E-state index contributed by atoms with van der Waals surface area (Å²) < 4.78 is 16.0. The lowest BCUT2D eigenvalue weighted by Crippen LogP contribution is -2.45. The molecule has 1 heterocycles. The number of hydrogen-bond donors (Lipinski definition) is 1. The molecule has 1 N–H and O–H groups in total. The first kappa shape index (κ1) is 23.8. The molecule has 1 aromatic carbocycles. The SMILES string of the molecule is CCCc1cc(=O)oc2cc(OC(=O)C(CCSC)NC(=O)OC(C)(C)C)ccc12. The van der Waals surface area contributed by atoms with Gasteiger partial charge in [-0.2, -0.15) is 11.8 Å². The van der Waals surface area contributed by atoms with Crippen LogP contribution in [-0.2, 0) is 16.0 Å². The third kappa shape index (κ3) is 7.09. The lowest BCUT2D eigenvalue weighted by Gasteiger charge is -2.22. The number of carbonyl (C=O) groups excluding carboxylic acids is 2. The van der Waals surface area contributed by atoms with Crippen LogP contribution in [0.1, 0.15) is 46.1 Å². The summed E-state index contributed by atoms with van der Waals surface area (Å²) in [7, 11) is 0. The monoisotopic (exact) mass is 435 g/mol. The molecule has 8 heteroatoms. The number of nitrogens with one attached hydrogen (secondary N) is 1. The Hall–Kier alpha value is -2.48. The van der Waals surface area contributed by atoms with E-state index in [-0.39, 0.29) is 5.75 Å². The maximum atomic E-state index is 12.7. The average Bonchev–Trinajstić information content (AvgIpc) is 2.63. The highest BCUT2D eigenvalue weighted by Crippen LogP contribution is 2.24. The molecule has 164 valence electrons. The van der Waals surface area contributed by atoms with Crippen molar-refractivity contribution in [3.63, 3.8) is 0 Å². The normalized spacial score (nSPS) is 12.4. The van der Waals surface area contributed by atoms with Crippen molar-refractivity contribution < 1.29 is 23.5 Å². The van der Waals surface area contributed by atoms with E-state index >= 15 is 0 Å². The maximum absolute atomic E-state index is 12.7. The summed E-state index contributed by atoms with van der Waals surface area (Å²) in [4.78, 5) is 36.6. The molecule has 0 aliphatic carbocycles. The molecule has 2 aromatic rings. The molecule has 0 aliphatic rings. The van der Waals surface area contributed by atoms with Crippen LogP contribution in [0.3, 0.4) is 0 Å². The van der Waals surface area contributed by atoms with Crippen LogP contribution in [0.5, 0.6) is 5.75 Å². The number of carbonyl (C=O) groups is 2. The van der Waals surface area contributed by atoms with E-state index in [1.807, 2.05) is 13.2 Å². The molecule has 1 atom stereocenters. The fraction of sp³-hybridized carbons (Fsp3) is 0.500. The lowest BCUT2D eigenvalue weighted by molar-refractivity contribution is -0.136. The van der Waals surface area contributed by atoms with E-state index in [1.54, 1.807) is 44.7 Å². The molecular formula is C22H29NO6S. The van der Waals surface area contributed by atoms with Gasteiger partial charge in [0.05, 0.1) is 0 Å². The second kappa shape index (κ2) is 10.5. The molecule has 30 heavy (non-hydrogen) atoms. The first-order valence-corrected chi connectivity index (χ1v) is 11.3. The Morgan fingerprint density at radius 3 is 2.60 bits per heavy atom. The molecule has 0 spiro atoms. The summed E-state index contributed by atoms with van der Waals surface area (Å²) in [5.41, 5.74) is 0.131. The molecule has 1 aromatic heterocycles. The Morgan fingerprint density at radius 1 is 1.23 bits per heavy atom. The lowest BCUT2D eigenvalue weighted by atomic mass is 10.1. The zero-order chi connectivity index (χ0) is 22.3. The van der Waals surface area contributed by atoms with Crippen LogP contribution in [0.25, 0.3) is 11.0 Å². The van der Waals surface area contributed by atoms with E-state index in [0.29, 0.717) is 17.8 Å². The zero-order valence-electron chi connectivity index (χ0n) is 18.1. The quantitative estimate of drug-likeness (QED) is 0.375. The number of fused-ring (bicyclic) bond motifs is 1. The van der Waals surface area contributed by atoms with Gasteiger partial charge in [-0.1, -0.05) is 13.3 Å². The van der Waals surface area contributed by atoms with Crippen LogP contribution in [0.15, 0.2) is 33.5 Å². The van der Waals surface area contributed by atoms with Gasteiger partial charge in [-0.05, 0) is 63.3 Å². The molecule has 2 rings (SSSR count). The highest BCUT2D eigenvalue weighted by molar-refractivity contribution is 7.98. The van der Waals surface area contributed by atoms with Crippen LogP contribution in [0, 0.1) is 0 Å². The average molecular weight is 436 g/mol. The van der Waals surface area contributed by atoms with Gasteiger partial charge in [-0.15, -0.1) is 0 Å². The van der Waals surface area contributed by atoms with Gasteiger partial charge in [0.25, 0.3) is 0 Å². The molecular weight excluding hydrogens is 406 g/mol. The van der Waals surface area contributed by atoms with Gasteiger partial charge >= 0.3 is 17.7 Å². The number of benzene rings is 1. The first-order chi connectivity index (χ1) is 14.1. The Balaban J connectivity index is 2.20. The number of rotatable bonds is 8. The number of esters is 1. The number of hydrogen-bond acceptors (Lipinski definition) is 7. The molecule has 1 unspecified atom stereocenters. The van der Waals surface area contributed by atoms with Gasteiger partial charge < -0.3 is 19.2 Å². The molecule has 0 radical (unpaired) electrons. The Kier molecular flexibility index (Phi) is 8.34. The number of ether oxygens (including phenoxy) is 2. The Bertz CT molecular complexity index is 947. The number of amides is 1. The van der Waals surface area contributed by atoms with Gasteiger partial charge in [0.1, 0.15) is 23.0 Å². The first-order valence-electron chi connectivity index (χ1n) is 9.90. The second-order valence-electron chi connectivity index (χ2n) is 7.90. The van der Waals surface area contributed by atoms with Crippen LogP contribution >= 0.6 is 11.8 Å². The third-order valence-electron chi connectivity index (χ3n) is 4.13. The Labute approximate surface area is 180 Å². The predicted molar refractivity (Wildman–Crippen MR) is 118 cm³/mol. The summed E-state index contributed by atoms with van der Waals surface area (Å²) in [6.07, 6.45) is 3.26. The van der Waals surface area contributed by atoms with Gasteiger partial charge in [-0.25, -0.2) is 14.4 Å². The molecule has 0 bridgehead atoms. The van der Waals surface area contributed by atoms with E-state index < -0.39 is 29.3 Å². The van der Waals surface area contributed by atoms with E-state index in [2.05, 4.69) is 5.32 Å². The van der Waals surface area contributed by atoms with Crippen molar-refractivity contribution in [2.45, 2.75) is 58.6 Å². The zero-order valence-corrected chi connectivity index (χ0v) is 18.9. The molecule has 7 nitrogen and oxygen atoms in total. The molecule has 0 fully saturated rings. The highest BCUT2D eigenvalue weighted by Gasteiger charge is 2.26. The molecule has 0 saturated carbocycles. The maximum Gasteiger partial charge on any atom is 0.408 e. The van der Waals surface area contributed by atoms with Crippen molar-refractivity contribution in [2.75, 3.05) is 12.0 Å². The molecule has 1 amide bonds. The summed E-state index contributed by atoms with van der Waals surface area (Å²) >= 11 is 1.55. The minimum atomic E-state index is -0.860. The number of alkyl carbamates (subject to hydrolysis) is 1. The van der Waals surface area contributed by atoms with Gasteiger partial charge in [0.15, 0.2) is 0 Å². The predicted octanol–water partition coefficient (Wildman–Crippen LogP) is 4.30. The van der Waals surface area contributed by atoms with Crippen LogP contribution in [0.4, 0.5) is 4.79 Å². The van der Waals surface area contributed by atoms with Crippen molar-refractivity contribution in [2.24, 2.45) is 0 Å². The van der Waals surface area contributed by atoms with Gasteiger partial charge in [0.2, 0.25) is 0 Å². The second-order valence-corrected chi connectivity index (χ2v) is 8.89. The van der Waals surface area contributed by atoms with E-state index in [0.717, 1.165) is 23.8 Å². The standard InChI is InChI=1S/C22H29NO6S/c1-6-7-14-12-19(24)28-18-13-15(8-9-16(14)18)27-20(25)17(10-11-30-5)23-21(26)29-22(2,3)4/h8-9,12-13,17H,6-7,10-11H2,1-5H3,(H,23,26). The molecule has 0 aliphatic heterocycles. The van der Waals surface area contributed by atoms with E-state index in [1.165, 1.54) is 12.1 Å². The molecule has 0 saturated heterocycles. The minimum absolute atomic E-state index is 0.240.